The van der Waals surface area contributed by atoms with Gasteiger partial charge < -0.3 is 9.80 Å². The Labute approximate surface area is 313 Å². The van der Waals surface area contributed by atoms with Crippen LogP contribution in [0.15, 0.2) is 84.9 Å². The molecule has 2 aliphatic carbocycles. The summed E-state index contributed by atoms with van der Waals surface area (Å²) in [4.78, 5) is 5.23. The van der Waals surface area contributed by atoms with Crippen LogP contribution in [0.2, 0.25) is 0 Å². The van der Waals surface area contributed by atoms with Crippen molar-refractivity contribution < 1.29 is 0 Å². The highest BCUT2D eigenvalue weighted by molar-refractivity contribution is 7.00. The van der Waals surface area contributed by atoms with E-state index < -0.39 is 0 Å². The summed E-state index contributed by atoms with van der Waals surface area (Å²) in [5.74, 6) is 0. The molecule has 5 aromatic carbocycles. The van der Waals surface area contributed by atoms with Gasteiger partial charge >= 0.3 is 0 Å². The molecular weight excluding hydrogens is 627 g/mol. The third-order valence-corrected chi connectivity index (χ3v) is 13.7. The molecule has 0 atom stereocenters. The highest BCUT2D eigenvalue weighted by Gasteiger charge is 2.47. The van der Waals surface area contributed by atoms with Gasteiger partial charge in [0.1, 0.15) is 0 Å². The lowest BCUT2D eigenvalue weighted by atomic mass is 9.33. The van der Waals surface area contributed by atoms with E-state index >= 15 is 0 Å². The van der Waals surface area contributed by atoms with Gasteiger partial charge in [0.2, 0.25) is 0 Å². The summed E-state index contributed by atoms with van der Waals surface area (Å²) < 4.78 is 0. The minimum absolute atomic E-state index is 0.106. The largest absolute Gasteiger partial charge is 0.311 e. The second kappa shape index (κ2) is 10.9. The molecule has 0 saturated carbocycles. The fourth-order valence-electron chi connectivity index (χ4n) is 10.3. The molecule has 264 valence electrons. The summed E-state index contributed by atoms with van der Waals surface area (Å²) in [5.41, 5.74) is 22.4. The van der Waals surface area contributed by atoms with Crippen molar-refractivity contribution in [1.82, 2.24) is 0 Å². The Morgan fingerprint density at radius 2 is 0.923 bits per heavy atom. The van der Waals surface area contributed by atoms with E-state index in [1.807, 2.05) is 0 Å². The summed E-state index contributed by atoms with van der Waals surface area (Å²) in [5, 5.41) is 0. The van der Waals surface area contributed by atoms with E-state index in [0.717, 1.165) is 0 Å². The molecule has 9 rings (SSSR count). The number of anilines is 6. The number of rotatable bonds is 2. The highest BCUT2D eigenvalue weighted by Crippen LogP contribution is 2.52. The average molecular weight is 683 g/mol. The number of hydrogen-bond donors (Lipinski definition) is 0. The van der Waals surface area contributed by atoms with Crippen molar-refractivity contribution in [3.8, 4) is 0 Å². The molecule has 0 fully saturated rings. The van der Waals surface area contributed by atoms with Crippen molar-refractivity contribution in [2.75, 3.05) is 9.80 Å². The van der Waals surface area contributed by atoms with Gasteiger partial charge in [-0.1, -0.05) is 91.8 Å². The maximum Gasteiger partial charge on any atom is 0.252 e. The third kappa shape index (κ3) is 4.83. The lowest BCUT2D eigenvalue weighted by Gasteiger charge is -2.48. The van der Waals surface area contributed by atoms with Crippen molar-refractivity contribution in [2.24, 2.45) is 0 Å². The van der Waals surface area contributed by atoms with Crippen LogP contribution in [0.4, 0.5) is 34.1 Å². The van der Waals surface area contributed by atoms with Crippen LogP contribution in [0.3, 0.4) is 0 Å². The normalized spacial score (nSPS) is 19.6. The fraction of sp³-hybridized carbons (Fsp3) is 0.388. The molecule has 0 bridgehead atoms. The zero-order valence-corrected chi connectivity index (χ0v) is 33.4. The molecule has 5 aromatic rings. The molecule has 52 heavy (non-hydrogen) atoms. The van der Waals surface area contributed by atoms with Crippen molar-refractivity contribution in [2.45, 2.75) is 124 Å². The van der Waals surface area contributed by atoms with Crippen LogP contribution in [-0.4, -0.2) is 6.71 Å². The Balaban J connectivity index is 1.40. The minimum atomic E-state index is 0.106. The van der Waals surface area contributed by atoms with E-state index in [1.165, 1.54) is 115 Å². The maximum atomic E-state index is 2.67. The van der Waals surface area contributed by atoms with E-state index in [2.05, 4.69) is 171 Å². The monoisotopic (exact) mass is 682 g/mol. The Morgan fingerprint density at radius 3 is 1.54 bits per heavy atom. The van der Waals surface area contributed by atoms with Gasteiger partial charge in [0.15, 0.2) is 0 Å². The van der Waals surface area contributed by atoms with Gasteiger partial charge in [0, 0.05) is 34.1 Å². The second-order valence-electron chi connectivity index (χ2n) is 19.4. The maximum absolute atomic E-state index is 2.67. The molecule has 2 nitrogen and oxygen atoms in total. The first-order chi connectivity index (χ1) is 24.5. The molecule has 0 spiro atoms. The molecule has 0 unspecified atom stereocenters. The van der Waals surface area contributed by atoms with Crippen molar-refractivity contribution in [3.05, 3.63) is 124 Å². The summed E-state index contributed by atoms with van der Waals surface area (Å²) in [7, 11) is 0. The zero-order valence-electron chi connectivity index (χ0n) is 33.4. The molecule has 0 aromatic heterocycles. The van der Waals surface area contributed by atoms with E-state index in [-0.39, 0.29) is 28.4 Å². The first-order valence-electron chi connectivity index (χ1n) is 19.7. The first kappa shape index (κ1) is 33.6. The Bertz CT molecular complexity index is 2320. The van der Waals surface area contributed by atoms with Crippen LogP contribution in [0.25, 0.3) is 0 Å². The van der Waals surface area contributed by atoms with Crippen molar-refractivity contribution in [3.63, 3.8) is 0 Å². The van der Waals surface area contributed by atoms with Crippen molar-refractivity contribution >= 4 is 57.2 Å². The smallest absolute Gasteiger partial charge is 0.252 e. The minimum Gasteiger partial charge on any atom is -0.311 e. The van der Waals surface area contributed by atoms with Crippen LogP contribution < -0.4 is 26.2 Å². The molecule has 2 heterocycles. The summed E-state index contributed by atoms with van der Waals surface area (Å²) in [6.07, 6.45) is 4.82. The van der Waals surface area contributed by atoms with E-state index in [0.29, 0.717) is 0 Å². The zero-order chi connectivity index (χ0) is 36.7. The summed E-state index contributed by atoms with van der Waals surface area (Å²) in [6.45, 7) is 26.6. The molecule has 0 N–H and O–H groups in total. The molecule has 0 amide bonds. The van der Waals surface area contributed by atoms with Gasteiger partial charge in [0.25, 0.3) is 6.71 Å². The highest BCUT2D eigenvalue weighted by atomic mass is 15.2. The number of nitrogens with zero attached hydrogens (tertiary/aromatic N) is 2. The van der Waals surface area contributed by atoms with Crippen LogP contribution in [0.5, 0.6) is 0 Å². The molecule has 0 saturated heterocycles. The van der Waals surface area contributed by atoms with Gasteiger partial charge in [0.05, 0.1) is 0 Å². The predicted molar refractivity (Wildman–Crippen MR) is 225 cm³/mol. The Morgan fingerprint density at radius 1 is 0.423 bits per heavy atom. The van der Waals surface area contributed by atoms with Crippen LogP contribution in [0.1, 0.15) is 120 Å². The lowest BCUT2D eigenvalue weighted by molar-refractivity contribution is 0.332. The van der Waals surface area contributed by atoms with Crippen LogP contribution in [0, 0.1) is 20.8 Å². The predicted octanol–water partition coefficient (Wildman–Crippen LogP) is 11.4. The van der Waals surface area contributed by atoms with Crippen LogP contribution >= 0.6 is 0 Å². The number of aryl methyl sites for hydroxylation is 3. The van der Waals surface area contributed by atoms with E-state index in [1.54, 1.807) is 0 Å². The topological polar surface area (TPSA) is 6.48 Å². The molecule has 0 radical (unpaired) electrons. The van der Waals surface area contributed by atoms with Gasteiger partial charge in [-0.2, -0.15) is 0 Å². The quantitative estimate of drug-likeness (QED) is 0.168. The molecular formula is C49H55BN2. The van der Waals surface area contributed by atoms with Gasteiger partial charge in [-0.25, -0.2) is 0 Å². The summed E-state index contributed by atoms with van der Waals surface area (Å²) >= 11 is 0. The SMILES string of the molecule is Cc1cccc(N2c3cc(C)ccc3B3c4cc5c(cc4N(c4ccc6c(c4)C(C)(C)CCC6(C)C)c4cc(C)cc2c43)C(C)(C)CCC5(C)C)c1. The number of fused-ring (bicyclic) bond motifs is 6. The fourth-order valence-corrected chi connectivity index (χ4v) is 10.3. The Kier molecular flexibility index (Phi) is 7.05. The summed E-state index contributed by atoms with van der Waals surface area (Å²) in [6, 6.07) is 34.0. The van der Waals surface area contributed by atoms with Gasteiger partial charge in [-0.3, -0.25) is 0 Å². The molecule has 4 aliphatic rings. The number of hydrogen-bond acceptors (Lipinski definition) is 2. The second-order valence-corrected chi connectivity index (χ2v) is 19.4. The molecule has 3 heteroatoms. The standard InChI is InChI=1S/C49H55BN2/c1-30-13-12-14-33(23-30)51-41-24-31(2)15-18-39(41)50-40-28-37-38(49(10,11)22-21-48(37,8)9)29-42(40)52(44-26-32(3)25-43(51)45(44)50)34-16-17-35-36(27-34)47(6,7)20-19-46(35,4)5/h12-18,23-29H,19-22H2,1-11H3. The van der Waals surface area contributed by atoms with E-state index in [9.17, 15) is 0 Å². The first-order valence-corrected chi connectivity index (χ1v) is 19.7. The lowest BCUT2D eigenvalue weighted by Crippen LogP contribution is -2.62. The Hall–Kier alpha value is -4.24. The van der Waals surface area contributed by atoms with Crippen LogP contribution in [-0.2, 0) is 21.7 Å². The number of benzene rings is 5. The van der Waals surface area contributed by atoms with Gasteiger partial charge in [-0.15, -0.1) is 0 Å². The van der Waals surface area contributed by atoms with Crippen molar-refractivity contribution in [1.29, 1.82) is 0 Å². The average Bonchev–Trinajstić information content (AvgIpc) is 3.08. The van der Waals surface area contributed by atoms with E-state index in [4.69, 9.17) is 0 Å². The third-order valence-electron chi connectivity index (χ3n) is 13.7. The van der Waals surface area contributed by atoms with Gasteiger partial charge in [-0.05, 0) is 172 Å². The molecule has 2 aliphatic heterocycles.